The van der Waals surface area contributed by atoms with E-state index in [1.54, 1.807) is 0 Å². The summed E-state index contributed by atoms with van der Waals surface area (Å²) in [5, 5.41) is 8.91. The van der Waals surface area contributed by atoms with Gasteiger partial charge in [-0.2, -0.15) is 0 Å². The Morgan fingerprint density at radius 1 is 1.04 bits per heavy atom. The second kappa shape index (κ2) is 10.1. The molecule has 0 bridgehead atoms. The van der Waals surface area contributed by atoms with E-state index in [1.807, 2.05) is 11.9 Å². The molecule has 1 N–H and O–H groups in total. The SMILES string of the molecule is CN(C(=O)CN1CCCC(CC(=O)O)CC1)C1CCCCC1.Cl. The molecule has 2 aliphatic rings. The molecule has 1 saturated heterocycles. The fraction of sp³-hybridized carbons (Fsp3) is 0.882. The van der Waals surface area contributed by atoms with Gasteiger partial charge in [-0.3, -0.25) is 14.5 Å². The van der Waals surface area contributed by atoms with Gasteiger partial charge in [0.05, 0.1) is 6.54 Å². The van der Waals surface area contributed by atoms with E-state index in [4.69, 9.17) is 5.11 Å². The zero-order chi connectivity index (χ0) is 15.9. The summed E-state index contributed by atoms with van der Waals surface area (Å²) >= 11 is 0. The summed E-state index contributed by atoms with van der Waals surface area (Å²) in [6.07, 6.45) is 9.19. The first kappa shape index (κ1) is 20.2. The number of amides is 1. The number of likely N-dealkylation sites (N-methyl/N-ethyl adjacent to an activating group) is 1. The average molecular weight is 347 g/mol. The van der Waals surface area contributed by atoms with Crippen LogP contribution in [0.1, 0.15) is 57.8 Å². The van der Waals surface area contributed by atoms with Gasteiger partial charge in [-0.05, 0) is 51.1 Å². The number of carbonyl (C=O) groups is 2. The van der Waals surface area contributed by atoms with E-state index in [0.717, 1.165) is 45.2 Å². The highest BCUT2D eigenvalue weighted by Gasteiger charge is 2.25. The summed E-state index contributed by atoms with van der Waals surface area (Å²) in [5.74, 6) is -0.205. The molecule has 1 heterocycles. The molecule has 0 aromatic carbocycles. The van der Waals surface area contributed by atoms with Crippen molar-refractivity contribution in [3.63, 3.8) is 0 Å². The first-order valence-corrected chi connectivity index (χ1v) is 8.76. The summed E-state index contributed by atoms with van der Waals surface area (Å²) in [7, 11) is 1.95. The average Bonchev–Trinajstić information content (AvgIpc) is 2.72. The summed E-state index contributed by atoms with van der Waals surface area (Å²) in [6, 6.07) is 0.424. The van der Waals surface area contributed by atoms with Crippen molar-refractivity contribution in [1.29, 1.82) is 0 Å². The van der Waals surface area contributed by atoms with E-state index in [9.17, 15) is 9.59 Å². The van der Waals surface area contributed by atoms with Crippen molar-refractivity contribution in [2.24, 2.45) is 5.92 Å². The quantitative estimate of drug-likeness (QED) is 0.831. The van der Waals surface area contributed by atoms with E-state index in [0.29, 0.717) is 12.6 Å². The predicted octanol–water partition coefficient (Wildman–Crippen LogP) is 2.78. The molecule has 1 atom stereocenters. The minimum absolute atomic E-state index is 0. The molecular formula is C17H31ClN2O3. The number of aliphatic carboxylic acids is 1. The third-order valence-electron chi connectivity index (χ3n) is 5.28. The van der Waals surface area contributed by atoms with Crippen molar-refractivity contribution in [3.8, 4) is 0 Å². The number of likely N-dealkylation sites (tertiary alicyclic amines) is 1. The van der Waals surface area contributed by atoms with Crippen LogP contribution in [-0.4, -0.2) is 59.5 Å². The van der Waals surface area contributed by atoms with Crippen molar-refractivity contribution >= 4 is 24.3 Å². The largest absolute Gasteiger partial charge is 0.481 e. The van der Waals surface area contributed by atoms with Crippen LogP contribution in [0.15, 0.2) is 0 Å². The molecule has 0 radical (unpaired) electrons. The topological polar surface area (TPSA) is 60.9 Å². The number of carboxylic acids is 1. The van der Waals surface area contributed by atoms with Gasteiger partial charge in [-0.25, -0.2) is 0 Å². The lowest BCUT2D eigenvalue weighted by molar-refractivity contribution is -0.138. The number of nitrogens with zero attached hydrogens (tertiary/aromatic N) is 2. The van der Waals surface area contributed by atoms with Crippen LogP contribution in [-0.2, 0) is 9.59 Å². The zero-order valence-electron chi connectivity index (χ0n) is 14.2. The number of carboxylic acid groups (broad SMARTS) is 1. The first-order chi connectivity index (χ1) is 10.6. The molecule has 0 aromatic rings. The van der Waals surface area contributed by atoms with E-state index < -0.39 is 5.97 Å². The lowest BCUT2D eigenvalue weighted by Gasteiger charge is -2.33. The van der Waals surface area contributed by atoms with Crippen LogP contribution in [0.3, 0.4) is 0 Å². The summed E-state index contributed by atoms with van der Waals surface area (Å²) in [4.78, 5) is 27.5. The van der Waals surface area contributed by atoms with Crippen LogP contribution in [0.2, 0.25) is 0 Å². The van der Waals surface area contributed by atoms with E-state index in [-0.39, 0.29) is 30.7 Å². The smallest absolute Gasteiger partial charge is 0.303 e. The second-order valence-electron chi connectivity index (χ2n) is 6.97. The molecule has 134 valence electrons. The Labute approximate surface area is 145 Å². The third kappa shape index (κ3) is 6.68. The van der Waals surface area contributed by atoms with E-state index >= 15 is 0 Å². The number of carbonyl (C=O) groups excluding carboxylic acids is 1. The highest BCUT2D eigenvalue weighted by atomic mass is 35.5. The van der Waals surface area contributed by atoms with Gasteiger partial charge < -0.3 is 10.0 Å². The minimum Gasteiger partial charge on any atom is -0.481 e. The molecule has 0 spiro atoms. The van der Waals surface area contributed by atoms with E-state index in [2.05, 4.69) is 4.90 Å². The lowest BCUT2D eigenvalue weighted by atomic mass is 9.94. The highest BCUT2D eigenvalue weighted by molar-refractivity contribution is 5.85. The van der Waals surface area contributed by atoms with Gasteiger partial charge in [0.25, 0.3) is 0 Å². The van der Waals surface area contributed by atoms with Gasteiger partial charge in [-0.1, -0.05) is 19.3 Å². The van der Waals surface area contributed by atoms with Crippen molar-refractivity contribution in [3.05, 3.63) is 0 Å². The fourth-order valence-corrected chi connectivity index (χ4v) is 3.81. The monoisotopic (exact) mass is 346 g/mol. The Balaban J connectivity index is 0.00000264. The van der Waals surface area contributed by atoms with Crippen LogP contribution in [0, 0.1) is 5.92 Å². The molecule has 0 aromatic heterocycles. The maximum Gasteiger partial charge on any atom is 0.303 e. The van der Waals surface area contributed by atoms with Crippen LogP contribution in [0.5, 0.6) is 0 Å². The molecule has 2 fully saturated rings. The number of rotatable bonds is 5. The highest BCUT2D eigenvalue weighted by Crippen LogP contribution is 2.23. The molecule has 1 aliphatic carbocycles. The van der Waals surface area contributed by atoms with Gasteiger partial charge in [0.2, 0.25) is 5.91 Å². The Hall–Kier alpha value is -0.810. The van der Waals surface area contributed by atoms with Gasteiger partial charge in [0.15, 0.2) is 0 Å². The van der Waals surface area contributed by atoms with Gasteiger partial charge >= 0.3 is 5.97 Å². The minimum atomic E-state index is -0.702. The molecule has 1 saturated carbocycles. The van der Waals surface area contributed by atoms with Crippen LogP contribution < -0.4 is 0 Å². The predicted molar refractivity (Wildman–Crippen MR) is 92.9 cm³/mol. The first-order valence-electron chi connectivity index (χ1n) is 8.76. The number of hydrogen-bond donors (Lipinski definition) is 1. The number of halogens is 1. The van der Waals surface area contributed by atoms with Crippen LogP contribution in [0.25, 0.3) is 0 Å². The molecule has 23 heavy (non-hydrogen) atoms. The molecule has 5 nitrogen and oxygen atoms in total. The third-order valence-corrected chi connectivity index (χ3v) is 5.28. The van der Waals surface area contributed by atoms with E-state index in [1.165, 1.54) is 19.3 Å². The molecule has 1 amide bonds. The molecular weight excluding hydrogens is 316 g/mol. The summed E-state index contributed by atoms with van der Waals surface area (Å²) < 4.78 is 0. The van der Waals surface area contributed by atoms with Crippen molar-refractivity contribution in [2.45, 2.75) is 63.8 Å². The molecule has 2 rings (SSSR count). The number of hydrogen-bond acceptors (Lipinski definition) is 3. The Kier molecular flexibility index (Phi) is 8.92. The van der Waals surface area contributed by atoms with Crippen molar-refractivity contribution in [1.82, 2.24) is 9.80 Å². The van der Waals surface area contributed by atoms with Gasteiger partial charge in [0.1, 0.15) is 0 Å². The van der Waals surface area contributed by atoms with Crippen molar-refractivity contribution < 1.29 is 14.7 Å². The second-order valence-corrected chi connectivity index (χ2v) is 6.97. The summed E-state index contributed by atoms with van der Waals surface area (Å²) in [5.41, 5.74) is 0. The van der Waals surface area contributed by atoms with Gasteiger partial charge in [-0.15, -0.1) is 12.4 Å². The standard InChI is InChI=1S/C17H30N2O3.ClH/c1-18(15-7-3-2-4-8-15)16(20)13-19-10-5-6-14(9-11-19)12-17(21)22;/h14-15H,2-13H2,1H3,(H,21,22);1H. The lowest BCUT2D eigenvalue weighted by Crippen LogP contribution is -2.44. The molecule has 1 aliphatic heterocycles. The Morgan fingerprint density at radius 2 is 1.74 bits per heavy atom. The normalized spacial score (nSPS) is 23.6. The van der Waals surface area contributed by atoms with Crippen LogP contribution >= 0.6 is 12.4 Å². The molecule has 6 heteroatoms. The maximum atomic E-state index is 12.5. The fourth-order valence-electron chi connectivity index (χ4n) is 3.81. The van der Waals surface area contributed by atoms with Gasteiger partial charge in [0, 0.05) is 19.5 Å². The summed E-state index contributed by atoms with van der Waals surface area (Å²) in [6.45, 7) is 2.26. The maximum absolute atomic E-state index is 12.5. The van der Waals surface area contributed by atoms with Crippen molar-refractivity contribution in [2.75, 3.05) is 26.7 Å². The Morgan fingerprint density at radius 3 is 2.39 bits per heavy atom. The van der Waals surface area contributed by atoms with Crippen LogP contribution in [0.4, 0.5) is 0 Å². The Bertz CT molecular complexity index is 386. The molecule has 1 unspecified atom stereocenters. The zero-order valence-corrected chi connectivity index (χ0v) is 15.0.